The molecule has 0 amide bonds. The van der Waals surface area contributed by atoms with Gasteiger partial charge in [-0.05, 0) is 50.4 Å². The first-order chi connectivity index (χ1) is 7.67. The summed E-state index contributed by atoms with van der Waals surface area (Å²) >= 11 is 3.59. The van der Waals surface area contributed by atoms with Crippen molar-refractivity contribution in [3.8, 4) is 5.75 Å². The molecule has 1 unspecified atom stereocenters. The van der Waals surface area contributed by atoms with Crippen LogP contribution in [0, 0.1) is 12.8 Å². The summed E-state index contributed by atoms with van der Waals surface area (Å²) in [6, 6.07) is 4.71. The van der Waals surface area contributed by atoms with Crippen LogP contribution in [0.1, 0.15) is 30.0 Å². The van der Waals surface area contributed by atoms with Crippen LogP contribution in [-0.2, 0) is 0 Å². The van der Waals surface area contributed by atoms with E-state index in [9.17, 15) is 0 Å². The number of methoxy groups -OCH3 is 1. The SMILES string of the molecule is CNC(c1cc(Br)c(C)cc1OC)C1CC1. The maximum atomic E-state index is 5.48. The van der Waals surface area contributed by atoms with Crippen molar-refractivity contribution in [1.82, 2.24) is 5.32 Å². The first-order valence-corrected chi connectivity index (χ1v) is 6.48. The van der Waals surface area contributed by atoms with Gasteiger partial charge in [-0.1, -0.05) is 15.9 Å². The van der Waals surface area contributed by atoms with E-state index in [-0.39, 0.29) is 0 Å². The van der Waals surface area contributed by atoms with E-state index in [2.05, 4.69) is 40.3 Å². The Kier molecular flexibility index (Phi) is 3.55. The molecule has 88 valence electrons. The Hall–Kier alpha value is -0.540. The maximum Gasteiger partial charge on any atom is 0.123 e. The van der Waals surface area contributed by atoms with Crippen LogP contribution >= 0.6 is 15.9 Å². The molecule has 1 aliphatic rings. The van der Waals surface area contributed by atoms with Gasteiger partial charge >= 0.3 is 0 Å². The van der Waals surface area contributed by atoms with Crippen LogP contribution in [0.3, 0.4) is 0 Å². The molecular formula is C13H18BrNO. The largest absolute Gasteiger partial charge is 0.496 e. The molecule has 2 rings (SSSR count). The van der Waals surface area contributed by atoms with Crippen LogP contribution in [0.4, 0.5) is 0 Å². The number of hydrogen-bond acceptors (Lipinski definition) is 2. The first-order valence-electron chi connectivity index (χ1n) is 5.68. The van der Waals surface area contributed by atoms with Crippen molar-refractivity contribution in [2.45, 2.75) is 25.8 Å². The topological polar surface area (TPSA) is 21.3 Å². The molecule has 0 spiro atoms. The second-order valence-electron chi connectivity index (χ2n) is 4.45. The van der Waals surface area contributed by atoms with Crippen molar-refractivity contribution in [2.24, 2.45) is 5.92 Å². The van der Waals surface area contributed by atoms with E-state index in [4.69, 9.17) is 4.74 Å². The van der Waals surface area contributed by atoms with Crippen molar-refractivity contribution >= 4 is 15.9 Å². The number of hydrogen-bond donors (Lipinski definition) is 1. The van der Waals surface area contributed by atoms with Gasteiger partial charge in [0.25, 0.3) is 0 Å². The fourth-order valence-corrected chi connectivity index (χ4v) is 2.53. The minimum Gasteiger partial charge on any atom is -0.496 e. The molecule has 0 saturated heterocycles. The van der Waals surface area contributed by atoms with Crippen molar-refractivity contribution in [2.75, 3.05) is 14.2 Å². The number of aryl methyl sites for hydroxylation is 1. The van der Waals surface area contributed by atoms with Crippen LogP contribution in [-0.4, -0.2) is 14.2 Å². The van der Waals surface area contributed by atoms with E-state index in [1.165, 1.54) is 24.0 Å². The third-order valence-corrected chi connectivity index (χ3v) is 4.10. The Labute approximate surface area is 106 Å². The lowest BCUT2D eigenvalue weighted by Crippen LogP contribution is -2.19. The Morgan fingerprint density at radius 1 is 1.44 bits per heavy atom. The van der Waals surface area contributed by atoms with Crippen LogP contribution < -0.4 is 10.1 Å². The lowest BCUT2D eigenvalue weighted by atomic mass is 10.00. The number of rotatable bonds is 4. The zero-order valence-electron chi connectivity index (χ0n) is 10.0. The molecule has 0 aliphatic heterocycles. The predicted octanol–water partition coefficient (Wildman–Crippen LogP) is 3.44. The van der Waals surface area contributed by atoms with Gasteiger partial charge in [0.2, 0.25) is 0 Å². The molecule has 1 aromatic rings. The molecule has 1 fully saturated rings. The summed E-state index contributed by atoms with van der Waals surface area (Å²) < 4.78 is 6.64. The van der Waals surface area contributed by atoms with Gasteiger partial charge in [-0.3, -0.25) is 0 Å². The molecule has 1 aliphatic carbocycles. The third kappa shape index (κ3) is 2.25. The van der Waals surface area contributed by atoms with E-state index in [0.29, 0.717) is 6.04 Å². The third-order valence-electron chi connectivity index (χ3n) is 3.25. The standard InChI is InChI=1S/C13H18BrNO/c1-8-6-12(16-3)10(7-11(8)14)13(15-2)9-4-5-9/h6-7,9,13,15H,4-5H2,1-3H3. The second kappa shape index (κ2) is 4.76. The Balaban J connectivity index is 2.40. The highest BCUT2D eigenvalue weighted by molar-refractivity contribution is 9.10. The molecule has 2 nitrogen and oxygen atoms in total. The number of ether oxygens (including phenoxy) is 1. The van der Waals surface area contributed by atoms with Crippen molar-refractivity contribution in [1.29, 1.82) is 0 Å². The van der Waals surface area contributed by atoms with Gasteiger partial charge in [0.15, 0.2) is 0 Å². The minimum atomic E-state index is 0.423. The molecule has 0 heterocycles. The fraction of sp³-hybridized carbons (Fsp3) is 0.538. The van der Waals surface area contributed by atoms with Gasteiger partial charge in [-0.15, -0.1) is 0 Å². The lowest BCUT2D eigenvalue weighted by Gasteiger charge is -2.20. The Morgan fingerprint density at radius 3 is 2.62 bits per heavy atom. The van der Waals surface area contributed by atoms with Crippen molar-refractivity contribution in [3.63, 3.8) is 0 Å². The zero-order valence-corrected chi connectivity index (χ0v) is 11.6. The quantitative estimate of drug-likeness (QED) is 0.914. The van der Waals surface area contributed by atoms with Gasteiger partial charge in [0, 0.05) is 16.1 Å². The average Bonchev–Trinajstić information content (AvgIpc) is 3.08. The average molecular weight is 284 g/mol. The van der Waals surface area contributed by atoms with Gasteiger partial charge in [0.05, 0.1) is 7.11 Å². The zero-order chi connectivity index (χ0) is 11.7. The molecule has 1 N–H and O–H groups in total. The van der Waals surface area contributed by atoms with Gasteiger partial charge in [0.1, 0.15) is 5.75 Å². The van der Waals surface area contributed by atoms with Gasteiger partial charge < -0.3 is 10.1 Å². The molecule has 1 saturated carbocycles. The summed E-state index contributed by atoms with van der Waals surface area (Å²) in [5.74, 6) is 1.76. The minimum absolute atomic E-state index is 0.423. The van der Waals surface area contributed by atoms with E-state index in [1.54, 1.807) is 7.11 Å². The smallest absolute Gasteiger partial charge is 0.123 e. The summed E-state index contributed by atoms with van der Waals surface area (Å²) in [5.41, 5.74) is 2.48. The number of halogens is 1. The molecule has 1 atom stereocenters. The first kappa shape index (κ1) is 11.9. The summed E-state index contributed by atoms with van der Waals surface area (Å²) in [6.45, 7) is 2.09. The van der Waals surface area contributed by atoms with Crippen LogP contribution in [0.2, 0.25) is 0 Å². The van der Waals surface area contributed by atoms with Crippen molar-refractivity contribution < 1.29 is 4.74 Å². The van der Waals surface area contributed by atoms with Gasteiger partial charge in [-0.2, -0.15) is 0 Å². The molecule has 1 aromatic carbocycles. The summed E-state index contributed by atoms with van der Waals surface area (Å²) in [5, 5.41) is 3.40. The Bertz CT molecular complexity index is 388. The molecular weight excluding hydrogens is 266 g/mol. The molecule has 16 heavy (non-hydrogen) atoms. The second-order valence-corrected chi connectivity index (χ2v) is 5.30. The highest BCUT2D eigenvalue weighted by Crippen LogP contribution is 2.44. The lowest BCUT2D eigenvalue weighted by molar-refractivity contribution is 0.395. The summed E-state index contributed by atoms with van der Waals surface area (Å²) in [7, 11) is 3.77. The normalized spacial score (nSPS) is 17.2. The Morgan fingerprint density at radius 2 is 2.12 bits per heavy atom. The molecule has 3 heteroatoms. The summed E-state index contributed by atoms with van der Waals surface area (Å²) in [4.78, 5) is 0. The number of nitrogens with one attached hydrogen (secondary N) is 1. The van der Waals surface area contributed by atoms with E-state index in [0.717, 1.165) is 16.1 Å². The fourth-order valence-electron chi connectivity index (χ4n) is 2.16. The predicted molar refractivity (Wildman–Crippen MR) is 70.0 cm³/mol. The van der Waals surface area contributed by atoms with E-state index >= 15 is 0 Å². The van der Waals surface area contributed by atoms with E-state index < -0.39 is 0 Å². The molecule has 0 aromatic heterocycles. The molecule has 0 bridgehead atoms. The molecule has 0 radical (unpaired) electrons. The summed E-state index contributed by atoms with van der Waals surface area (Å²) in [6.07, 6.45) is 2.64. The van der Waals surface area contributed by atoms with Crippen LogP contribution in [0.25, 0.3) is 0 Å². The highest BCUT2D eigenvalue weighted by Gasteiger charge is 2.33. The monoisotopic (exact) mass is 283 g/mol. The van der Waals surface area contributed by atoms with Gasteiger partial charge in [-0.25, -0.2) is 0 Å². The highest BCUT2D eigenvalue weighted by atomic mass is 79.9. The van der Waals surface area contributed by atoms with E-state index in [1.807, 2.05) is 7.05 Å². The van der Waals surface area contributed by atoms with Crippen molar-refractivity contribution in [3.05, 3.63) is 27.7 Å². The number of benzene rings is 1. The van der Waals surface area contributed by atoms with Crippen LogP contribution in [0.15, 0.2) is 16.6 Å². The van der Waals surface area contributed by atoms with Crippen LogP contribution in [0.5, 0.6) is 5.75 Å². The maximum absolute atomic E-state index is 5.48.